The summed E-state index contributed by atoms with van der Waals surface area (Å²) < 4.78 is 11.4. The van der Waals surface area contributed by atoms with Crippen molar-refractivity contribution in [1.29, 1.82) is 0 Å². The van der Waals surface area contributed by atoms with Crippen LogP contribution in [0.4, 0.5) is 0 Å². The quantitative estimate of drug-likeness (QED) is 0.0729. The zero-order valence-corrected chi connectivity index (χ0v) is 27.2. The lowest BCUT2D eigenvalue weighted by Crippen LogP contribution is -2.45. The summed E-state index contributed by atoms with van der Waals surface area (Å²) in [7, 11) is 0. The number of ether oxygens (including phenoxy) is 2. The number of hydrogen-bond acceptors (Lipinski definition) is 6. The van der Waals surface area contributed by atoms with Crippen molar-refractivity contribution in [2.45, 2.75) is 57.2 Å². The summed E-state index contributed by atoms with van der Waals surface area (Å²) in [5.74, 6) is -1.06. The summed E-state index contributed by atoms with van der Waals surface area (Å²) in [5, 5.41) is 16.9. The number of allylic oxidation sites excluding steroid dienone is 2. The van der Waals surface area contributed by atoms with Gasteiger partial charge in [0.2, 0.25) is 11.8 Å². The van der Waals surface area contributed by atoms with E-state index in [4.69, 9.17) is 9.47 Å². The third kappa shape index (κ3) is 11.3. The molecule has 48 heavy (non-hydrogen) atoms. The van der Waals surface area contributed by atoms with Gasteiger partial charge in [-0.3, -0.25) is 14.4 Å². The van der Waals surface area contributed by atoms with Gasteiger partial charge in [0.15, 0.2) is 0 Å². The number of carbonyl (C=O) groups is 3. The monoisotopic (exact) mass is 651 g/mol. The van der Waals surface area contributed by atoms with E-state index in [2.05, 4.69) is 28.8 Å². The summed E-state index contributed by atoms with van der Waals surface area (Å²) in [6, 6.07) is 24.2. The number of rotatable bonds is 20. The molecular formula is C39H45N3O6. The smallest absolute Gasteiger partial charge is 0.306 e. The molecule has 1 aromatic heterocycles. The molecular weight excluding hydrogens is 606 g/mol. The van der Waals surface area contributed by atoms with Crippen LogP contribution in [0.15, 0.2) is 110 Å². The van der Waals surface area contributed by atoms with Crippen molar-refractivity contribution < 1.29 is 29.0 Å². The Morgan fingerprint density at radius 2 is 1.60 bits per heavy atom. The van der Waals surface area contributed by atoms with Crippen molar-refractivity contribution in [1.82, 2.24) is 15.6 Å². The van der Waals surface area contributed by atoms with Gasteiger partial charge in [0.25, 0.3) is 0 Å². The van der Waals surface area contributed by atoms with Crippen LogP contribution in [-0.2, 0) is 38.6 Å². The molecule has 0 aliphatic rings. The van der Waals surface area contributed by atoms with Crippen LogP contribution in [-0.4, -0.2) is 53.2 Å². The highest BCUT2D eigenvalue weighted by atomic mass is 16.5. The Balaban J connectivity index is 1.34. The lowest BCUT2D eigenvalue weighted by molar-refractivity contribution is -0.145. The molecule has 1 heterocycles. The maximum atomic E-state index is 13.5. The predicted molar refractivity (Wildman–Crippen MR) is 187 cm³/mol. The van der Waals surface area contributed by atoms with Gasteiger partial charge in [-0.25, -0.2) is 0 Å². The number of H-pyrrole nitrogens is 1. The number of carbonyl (C=O) groups excluding carboxylic acids is 3. The maximum absolute atomic E-state index is 13.5. The second-order valence-electron chi connectivity index (χ2n) is 11.8. The fourth-order valence-electron chi connectivity index (χ4n) is 5.43. The molecule has 4 rings (SSSR count). The number of para-hydroxylation sites is 1. The average Bonchev–Trinajstić information content (AvgIpc) is 3.51. The Bertz CT molecular complexity index is 1630. The zero-order valence-electron chi connectivity index (χ0n) is 27.2. The number of amides is 2. The molecule has 4 N–H and O–H groups in total. The molecule has 2 amide bonds. The minimum atomic E-state index is -0.704. The molecule has 3 atom stereocenters. The van der Waals surface area contributed by atoms with Crippen molar-refractivity contribution in [2.75, 3.05) is 13.2 Å². The Morgan fingerprint density at radius 1 is 0.854 bits per heavy atom. The van der Waals surface area contributed by atoms with Gasteiger partial charge >= 0.3 is 5.97 Å². The van der Waals surface area contributed by atoms with Crippen LogP contribution in [0.5, 0.6) is 5.75 Å². The van der Waals surface area contributed by atoms with E-state index < -0.39 is 18.0 Å². The van der Waals surface area contributed by atoms with E-state index in [1.54, 1.807) is 12.2 Å². The van der Waals surface area contributed by atoms with Gasteiger partial charge in [0, 0.05) is 29.9 Å². The van der Waals surface area contributed by atoms with E-state index in [0.717, 1.165) is 33.3 Å². The van der Waals surface area contributed by atoms with Crippen molar-refractivity contribution in [3.05, 3.63) is 127 Å². The van der Waals surface area contributed by atoms with Crippen LogP contribution in [0, 0.1) is 5.92 Å². The van der Waals surface area contributed by atoms with Gasteiger partial charge < -0.3 is 30.2 Å². The average molecular weight is 652 g/mol. The first-order valence-electron chi connectivity index (χ1n) is 16.3. The highest BCUT2D eigenvalue weighted by molar-refractivity contribution is 5.86. The van der Waals surface area contributed by atoms with Gasteiger partial charge in [0.1, 0.15) is 19.0 Å². The molecule has 0 radical (unpaired) electrons. The number of aromatic nitrogens is 1. The first-order chi connectivity index (χ1) is 23.4. The molecule has 0 aliphatic carbocycles. The van der Waals surface area contributed by atoms with Crippen LogP contribution in [0.1, 0.15) is 42.4 Å². The molecule has 0 bridgehead atoms. The number of aromatic amines is 1. The van der Waals surface area contributed by atoms with E-state index in [9.17, 15) is 19.5 Å². The molecule has 0 saturated heterocycles. The Morgan fingerprint density at radius 3 is 2.33 bits per heavy atom. The minimum absolute atomic E-state index is 0.0170. The summed E-state index contributed by atoms with van der Waals surface area (Å²) in [6.07, 6.45) is 6.84. The molecule has 3 aromatic carbocycles. The normalized spacial score (nSPS) is 12.8. The second-order valence-corrected chi connectivity index (χ2v) is 11.8. The van der Waals surface area contributed by atoms with Crippen molar-refractivity contribution >= 4 is 28.7 Å². The molecule has 0 spiro atoms. The third-order valence-electron chi connectivity index (χ3n) is 7.98. The van der Waals surface area contributed by atoms with Crippen LogP contribution >= 0.6 is 0 Å². The van der Waals surface area contributed by atoms with Crippen molar-refractivity contribution in [3.63, 3.8) is 0 Å². The van der Waals surface area contributed by atoms with Crippen LogP contribution < -0.4 is 15.4 Å². The van der Waals surface area contributed by atoms with Gasteiger partial charge in [-0.1, -0.05) is 72.8 Å². The van der Waals surface area contributed by atoms with Crippen molar-refractivity contribution in [3.8, 4) is 5.75 Å². The highest BCUT2D eigenvalue weighted by Crippen LogP contribution is 2.20. The number of benzene rings is 3. The third-order valence-corrected chi connectivity index (χ3v) is 7.98. The molecule has 0 unspecified atom stereocenters. The lowest BCUT2D eigenvalue weighted by atomic mass is 9.97. The summed E-state index contributed by atoms with van der Waals surface area (Å²) in [5.41, 5.74) is 3.93. The first kappa shape index (κ1) is 35.7. The number of aliphatic hydroxyl groups is 1. The van der Waals surface area contributed by atoms with E-state index >= 15 is 0 Å². The number of fused-ring (bicyclic) bond motifs is 1. The molecule has 9 heteroatoms. The van der Waals surface area contributed by atoms with E-state index in [0.29, 0.717) is 25.9 Å². The fourth-order valence-corrected chi connectivity index (χ4v) is 5.43. The summed E-state index contributed by atoms with van der Waals surface area (Å²) in [6.45, 7) is 7.60. The Labute approximate surface area is 282 Å². The molecule has 9 nitrogen and oxygen atoms in total. The van der Waals surface area contributed by atoms with Crippen molar-refractivity contribution in [2.24, 2.45) is 5.92 Å². The minimum Gasteiger partial charge on any atom is -0.489 e. The van der Waals surface area contributed by atoms with E-state index in [-0.39, 0.29) is 50.3 Å². The Hall–Kier alpha value is -5.15. The SMILES string of the molecule is C=CCCC(=O)OC[C@H](Cc1c[nH]c2ccccc12)NC(=O)[C@H](CC=C)CC(=O)N[C@H](CO)Cc1ccc(OCc2ccccc2)cc1. The molecule has 0 aliphatic heterocycles. The van der Waals surface area contributed by atoms with Crippen LogP contribution in [0.2, 0.25) is 0 Å². The number of esters is 1. The van der Waals surface area contributed by atoms with E-state index in [1.165, 1.54) is 0 Å². The van der Waals surface area contributed by atoms with E-state index in [1.807, 2.05) is 85.1 Å². The first-order valence-corrected chi connectivity index (χ1v) is 16.3. The largest absolute Gasteiger partial charge is 0.489 e. The fraction of sp³-hybridized carbons (Fsp3) is 0.308. The highest BCUT2D eigenvalue weighted by Gasteiger charge is 2.26. The molecule has 252 valence electrons. The second kappa shape index (κ2) is 18.9. The van der Waals surface area contributed by atoms with Crippen LogP contribution in [0.3, 0.4) is 0 Å². The molecule has 0 fully saturated rings. The summed E-state index contributed by atoms with van der Waals surface area (Å²) >= 11 is 0. The lowest BCUT2D eigenvalue weighted by Gasteiger charge is -2.23. The number of hydrogen-bond donors (Lipinski definition) is 4. The molecule has 0 saturated carbocycles. The number of nitrogens with one attached hydrogen (secondary N) is 3. The predicted octanol–water partition coefficient (Wildman–Crippen LogP) is 5.59. The van der Waals surface area contributed by atoms with Gasteiger partial charge in [-0.15, -0.1) is 13.2 Å². The molecule has 4 aromatic rings. The summed E-state index contributed by atoms with van der Waals surface area (Å²) in [4.78, 5) is 42.2. The van der Waals surface area contributed by atoms with Gasteiger partial charge in [0.05, 0.1) is 24.6 Å². The zero-order chi connectivity index (χ0) is 34.1. The standard InChI is InChI=1S/C39H45N3O6/c1-3-5-16-38(45)48-27-33(22-31-24-40-36-15-10-9-14-35(31)36)42-39(46)30(11-4-2)23-37(44)41-32(25-43)21-28-17-19-34(20-18-28)47-26-29-12-7-6-8-13-29/h3-4,6-10,12-15,17-20,24,30,32-33,40,43H,1-2,5,11,16,21-23,25-27H2,(H,41,44)(H,42,46)/t30-,32+,33+/m1/s1. The Kier molecular flexibility index (Phi) is 14.0. The topological polar surface area (TPSA) is 130 Å². The van der Waals surface area contributed by atoms with Gasteiger partial charge in [-0.2, -0.15) is 0 Å². The number of aliphatic hydroxyl groups excluding tert-OH is 1. The van der Waals surface area contributed by atoms with Crippen LogP contribution in [0.25, 0.3) is 10.9 Å². The van der Waals surface area contributed by atoms with Gasteiger partial charge in [-0.05, 0) is 60.6 Å². The maximum Gasteiger partial charge on any atom is 0.306 e.